The summed E-state index contributed by atoms with van der Waals surface area (Å²) in [6, 6.07) is 5.44. The monoisotopic (exact) mass is 398 g/mol. The molecule has 2 atom stereocenters. The highest BCUT2D eigenvalue weighted by Gasteiger charge is 2.33. The standard InChI is InChI=1S/C10H16N2O5.C9H11FO/c11-6(9(14)15)3-4-8(13)12-5-1-2-7(12)10(16)17;10-6-5-8-1-3-9(7-11)4-2-8/h6-7H,1-5,11H2,(H,14,15)(H,16,17);1-4,11H,5-7H2. The van der Waals surface area contributed by atoms with Gasteiger partial charge in [-0.1, -0.05) is 24.3 Å². The molecule has 1 aromatic carbocycles. The van der Waals surface area contributed by atoms with Gasteiger partial charge >= 0.3 is 11.9 Å². The minimum absolute atomic E-state index is 0.0248. The second kappa shape index (κ2) is 12.0. The Morgan fingerprint density at radius 3 is 2.29 bits per heavy atom. The van der Waals surface area contributed by atoms with Crippen molar-refractivity contribution in [2.24, 2.45) is 5.73 Å². The fourth-order valence-electron chi connectivity index (χ4n) is 2.79. The van der Waals surface area contributed by atoms with Gasteiger partial charge in [-0.2, -0.15) is 0 Å². The predicted molar refractivity (Wildman–Crippen MR) is 99.3 cm³/mol. The molecule has 0 saturated carbocycles. The van der Waals surface area contributed by atoms with Crippen molar-refractivity contribution in [2.75, 3.05) is 13.2 Å². The lowest BCUT2D eigenvalue weighted by molar-refractivity contribution is -0.148. The second-order valence-electron chi connectivity index (χ2n) is 6.48. The first-order chi connectivity index (χ1) is 13.3. The van der Waals surface area contributed by atoms with Crippen molar-refractivity contribution < 1.29 is 34.1 Å². The van der Waals surface area contributed by atoms with Crippen LogP contribution in [0.25, 0.3) is 0 Å². The molecule has 1 heterocycles. The number of rotatable bonds is 8. The molecule has 1 aliphatic rings. The van der Waals surface area contributed by atoms with Crippen LogP contribution in [-0.4, -0.2) is 63.4 Å². The number of halogens is 1. The molecule has 0 bridgehead atoms. The molecular formula is C19H27FN2O6. The number of aliphatic hydroxyl groups excluding tert-OH is 1. The van der Waals surface area contributed by atoms with E-state index in [2.05, 4.69) is 0 Å². The molecule has 1 amide bonds. The average Bonchev–Trinajstić information content (AvgIpc) is 3.17. The molecule has 2 rings (SSSR count). The molecular weight excluding hydrogens is 371 g/mol. The van der Waals surface area contributed by atoms with E-state index in [9.17, 15) is 18.8 Å². The molecule has 0 radical (unpaired) electrons. The molecule has 1 saturated heterocycles. The summed E-state index contributed by atoms with van der Waals surface area (Å²) < 4.78 is 11.8. The maximum Gasteiger partial charge on any atom is 0.326 e. The number of nitrogens with zero attached hydrogens (tertiary/aromatic N) is 1. The van der Waals surface area contributed by atoms with E-state index in [4.69, 9.17) is 21.1 Å². The number of likely N-dealkylation sites (tertiary alicyclic amines) is 1. The Kier molecular flexibility index (Phi) is 10.1. The number of aliphatic hydroxyl groups is 1. The minimum Gasteiger partial charge on any atom is -0.480 e. The zero-order chi connectivity index (χ0) is 21.1. The van der Waals surface area contributed by atoms with E-state index >= 15 is 0 Å². The van der Waals surface area contributed by atoms with Gasteiger partial charge in [0.25, 0.3) is 0 Å². The summed E-state index contributed by atoms with van der Waals surface area (Å²) >= 11 is 0. The molecule has 0 aromatic heterocycles. The van der Waals surface area contributed by atoms with Crippen LogP contribution in [0.5, 0.6) is 0 Å². The summed E-state index contributed by atoms with van der Waals surface area (Å²) in [7, 11) is 0. The second-order valence-corrected chi connectivity index (χ2v) is 6.48. The molecule has 28 heavy (non-hydrogen) atoms. The number of carboxylic acids is 2. The van der Waals surface area contributed by atoms with E-state index in [1.807, 2.05) is 24.3 Å². The number of carboxylic acid groups (broad SMARTS) is 2. The van der Waals surface area contributed by atoms with Crippen LogP contribution in [-0.2, 0) is 27.4 Å². The van der Waals surface area contributed by atoms with Crippen molar-refractivity contribution in [2.45, 2.75) is 50.8 Å². The Bertz CT molecular complexity index is 652. The minimum atomic E-state index is -1.16. The fourth-order valence-corrected chi connectivity index (χ4v) is 2.79. The Morgan fingerprint density at radius 1 is 1.18 bits per heavy atom. The quantitative estimate of drug-likeness (QED) is 0.511. The van der Waals surface area contributed by atoms with Crippen LogP contribution < -0.4 is 5.73 Å². The number of aliphatic carboxylic acids is 2. The first-order valence-electron chi connectivity index (χ1n) is 9.05. The highest BCUT2D eigenvalue weighted by Crippen LogP contribution is 2.19. The van der Waals surface area contributed by atoms with Crippen molar-refractivity contribution in [1.82, 2.24) is 4.90 Å². The molecule has 2 unspecified atom stereocenters. The van der Waals surface area contributed by atoms with Gasteiger partial charge in [-0.05, 0) is 30.4 Å². The number of aryl methyl sites for hydroxylation is 1. The van der Waals surface area contributed by atoms with Crippen LogP contribution in [0.2, 0.25) is 0 Å². The Labute approximate surface area is 162 Å². The zero-order valence-corrected chi connectivity index (χ0v) is 15.6. The maximum atomic E-state index is 11.8. The third kappa shape index (κ3) is 7.61. The summed E-state index contributed by atoms with van der Waals surface area (Å²) in [5.74, 6) is -2.51. The molecule has 1 aromatic rings. The number of alkyl halides is 1. The topological polar surface area (TPSA) is 141 Å². The van der Waals surface area contributed by atoms with E-state index in [1.165, 1.54) is 4.90 Å². The van der Waals surface area contributed by atoms with Gasteiger partial charge in [0, 0.05) is 19.4 Å². The Hall–Kier alpha value is -2.52. The summed E-state index contributed by atoms with van der Waals surface area (Å²) in [5.41, 5.74) is 7.12. The Morgan fingerprint density at radius 2 is 1.79 bits per heavy atom. The first-order valence-corrected chi connectivity index (χ1v) is 9.05. The molecule has 0 aliphatic carbocycles. The highest BCUT2D eigenvalue weighted by molar-refractivity contribution is 5.84. The van der Waals surface area contributed by atoms with E-state index in [0.717, 1.165) is 11.1 Å². The fraction of sp³-hybridized carbons (Fsp3) is 0.526. The third-order valence-corrected chi connectivity index (χ3v) is 4.43. The SMILES string of the molecule is NC(CCC(=O)N1CCCC1C(=O)O)C(=O)O.OCc1ccc(CCF)cc1. The lowest BCUT2D eigenvalue weighted by Gasteiger charge is -2.21. The average molecular weight is 398 g/mol. The lowest BCUT2D eigenvalue weighted by Crippen LogP contribution is -2.41. The molecule has 1 aliphatic heterocycles. The van der Waals surface area contributed by atoms with Crippen LogP contribution in [0, 0.1) is 0 Å². The van der Waals surface area contributed by atoms with Crippen molar-refractivity contribution in [3.63, 3.8) is 0 Å². The van der Waals surface area contributed by atoms with Gasteiger partial charge < -0.3 is 26.0 Å². The largest absolute Gasteiger partial charge is 0.480 e. The van der Waals surface area contributed by atoms with Gasteiger partial charge in [0.1, 0.15) is 12.1 Å². The van der Waals surface area contributed by atoms with Gasteiger partial charge in [0.15, 0.2) is 0 Å². The maximum absolute atomic E-state index is 11.8. The molecule has 9 heteroatoms. The van der Waals surface area contributed by atoms with E-state index in [-0.39, 0.29) is 32.0 Å². The van der Waals surface area contributed by atoms with Gasteiger partial charge in [-0.3, -0.25) is 14.0 Å². The first kappa shape index (κ1) is 23.5. The van der Waals surface area contributed by atoms with E-state index in [1.54, 1.807) is 0 Å². The molecule has 5 N–H and O–H groups in total. The smallest absolute Gasteiger partial charge is 0.326 e. The lowest BCUT2D eigenvalue weighted by atomic mass is 10.1. The number of carbonyl (C=O) groups excluding carboxylic acids is 1. The number of nitrogens with two attached hydrogens (primary N) is 1. The van der Waals surface area contributed by atoms with Gasteiger partial charge in [-0.15, -0.1) is 0 Å². The van der Waals surface area contributed by atoms with Gasteiger partial charge in [0.05, 0.1) is 13.3 Å². The molecule has 8 nitrogen and oxygen atoms in total. The summed E-state index contributed by atoms with van der Waals surface area (Å²) in [4.78, 5) is 34.3. The van der Waals surface area contributed by atoms with Crippen LogP contribution in [0.15, 0.2) is 24.3 Å². The van der Waals surface area contributed by atoms with Gasteiger partial charge in [0.2, 0.25) is 5.91 Å². The van der Waals surface area contributed by atoms with Crippen molar-refractivity contribution in [3.05, 3.63) is 35.4 Å². The number of hydrogen-bond donors (Lipinski definition) is 4. The van der Waals surface area contributed by atoms with Crippen LogP contribution in [0.3, 0.4) is 0 Å². The summed E-state index contributed by atoms with van der Waals surface area (Å²) in [6.07, 6.45) is 1.57. The zero-order valence-electron chi connectivity index (χ0n) is 15.6. The van der Waals surface area contributed by atoms with E-state index < -0.39 is 24.0 Å². The molecule has 0 spiro atoms. The van der Waals surface area contributed by atoms with Crippen molar-refractivity contribution >= 4 is 17.8 Å². The van der Waals surface area contributed by atoms with Crippen LogP contribution >= 0.6 is 0 Å². The number of carbonyl (C=O) groups is 3. The predicted octanol–water partition coefficient (Wildman–Crippen LogP) is 0.945. The molecule has 156 valence electrons. The molecule has 1 fully saturated rings. The number of amides is 1. The number of hydrogen-bond acceptors (Lipinski definition) is 5. The van der Waals surface area contributed by atoms with Crippen LogP contribution in [0.4, 0.5) is 4.39 Å². The van der Waals surface area contributed by atoms with E-state index in [0.29, 0.717) is 25.8 Å². The highest BCUT2D eigenvalue weighted by atomic mass is 19.1. The normalized spacial score (nSPS) is 16.8. The summed E-state index contributed by atoms with van der Waals surface area (Å²) in [5, 5.41) is 26.1. The Balaban J connectivity index is 0.000000307. The van der Waals surface area contributed by atoms with Gasteiger partial charge in [-0.25, -0.2) is 4.79 Å². The third-order valence-electron chi connectivity index (χ3n) is 4.43. The van der Waals surface area contributed by atoms with Crippen molar-refractivity contribution in [1.29, 1.82) is 0 Å². The van der Waals surface area contributed by atoms with Crippen molar-refractivity contribution in [3.8, 4) is 0 Å². The van der Waals surface area contributed by atoms with Crippen LogP contribution in [0.1, 0.15) is 36.8 Å². The summed E-state index contributed by atoms with van der Waals surface area (Å²) in [6.45, 7) is 0.145. The number of benzene rings is 1.